The second kappa shape index (κ2) is 11.0. The Morgan fingerprint density at radius 1 is 0.970 bits per heavy atom. The van der Waals surface area contributed by atoms with Gasteiger partial charge in [0.25, 0.3) is 11.8 Å². The molecule has 3 N–H and O–H groups in total. The van der Waals surface area contributed by atoms with Gasteiger partial charge in [0.05, 0.1) is 16.8 Å². The SMILES string of the molecule is CN(C)c1ccc(C=C(NC(=O)c2ccccc2Cl)C(=O)NN=Cc2ccccc2O)cc1. The Morgan fingerprint density at radius 3 is 2.30 bits per heavy atom. The van der Waals surface area contributed by atoms with E-state index in [2.05, 4.69) is 15.8 Å². The van der Waals surface area contributed by atoms with Crippen LogP contribution in [0.1, 0.15) is 21.5 Å². The van der Waals surface area contributed by atoms with E-state index in [9.17, 15) is 14.7 Å². The monoisotopic (exact) mass is 462 g/mol. The Kier molecular flexibility index (Phi) is 7.83. The highest BCUT2D eigenvalue weighted by Crippen LogP contribution is 2.17. The molecule has 3 rings (SSSR count). The summed E-state index contributed by atoms with van der Waals surface area (Å²) in [6, 6.07) is 20.6. The van der Waals surface area contributed by atoms with Crippen LogP contribution in [0.15, 0.2) is 83.6 Å². The number of halogens is 1. The summed E-state index contributed by atoms with van der Waals surface area (Å²) >= 11 is 6.12. The average Bonchev–Trinajstić information content (AvgIpc) is 2.80. The van der Waals surface area contributed by atoms with E-state index in [1.807, 2.05) is 43.3 Å². The van der Waals surface area contributed by atoms with Crippen LogP contribution < -0.4 is 15.6 Å². The summed E-state index contributed by atoms with van der Waals surface area (Å²) < 4.78 is 0. The third-order valence-electron chi connectivity index (χ3n) is 4.64. The number of nitrogens with zero attached hydrogens (tertiary/aromatic N) is 2. The number of hydrogen-bond acceptors (Lipinski definition) is 5. The number of hydrazone groups is 1. The highest BCUT2D eigenvalue weighted by atomic mass is 35.5. The number of aromatic hydroxyl groups is 1. The van der Waals surface area contributed by atoms with Crippen LogP contribution in [0.2, 0.25) is 5.02 Å². The quantitative estimate of drug-likeness (QED) is 0.280. The molecule has 2 amide bonds. The second-order valence-corrected chi connectivity index (χ2v) is 7.64. The van der Waals surface area contributed by atoms with Crippen LogP contribution in [0.4, 0.5) is 5.69 Å². The summed E-state index contributed by atoms with van der Waals surface area (Å²) in [6.07, 6.45) is 2.85. The van der Waals surface area contributed by atoms with Crippen molar-refractivity contribution in [3.05, 3.63) is 100 Å². The van der Waals surface area contributed by atoms with Crippen molar-refractivity contribution >= 4 is 41.4 Å². The van der Waals surface area contributed by atoms with Crippen LogP contribution in [-0.2, 0) is 4.79 Å². The number of carbonyl (C=O) groups is 2. The van der Waals surface area contributed by atoms with E-state index in [-0.39, 0.29) is 22.0 Å². The van der Waals surface area contributed by atoms with E-state index in [0.717, 1.165) is 5.69 Å². The number of amides is 2. The molecule has 8 heteroatoms. The van der Waals surface area contributed by atoms with Gasteiger partial charge in [-0.05, 0) is 48.0 Å². The van der Waals surface area contributed by atoms with Gasteiger partial charge in [0, 0.05) is 25.3 Å². The van der Waals surface area contributed by atoms with Gasteiger partial charge < -0.3 is 15.3 Å². The molecule has 3 aromatic carbocycles. The Morgan fingerprint density at radius 2 is 1.64 bits per heavy atom. The highest BCUT2D eigenvalue weighted by molar-refractivity contribution is 6.34. The van der Waals surface area contributed by atoms with Crippen molar-refractivity contribution in [2.24, 2.45) is 5.10 Å². The number of hydrogen-bond donors (Lipinski definition) is 3. The van der Waals surface area contributed by atoms with Crippen LogP contribution in [0, 0.1) is 0 Å². The van der Waals surface area contributed by atoms with Gasteiger partial charge in [0.1, 0.15) is 11.4 Å². The molecule has 168 valence electrons. The zero-order chi connectivity index (χ0) is 23.8. The van der Waals surface area contributed by atoms with Crippen LogP contribution in [0.5, 0.6) is 5.75 Å². The predicted molar refractivity (Wildman–Crippen MR) is 132 cm³/mol. The lowest BCUT2D eigenvalue weighted by Gasteiger charge is -2.13. The fourth-order valence-electron chi connectivity index (χ4n) is 2.85. The maximum Gasteiger partial charge on any atom is 0.287 e. The molecule has 0 saturated carbocycles. The highest BCUT2D eigenvalue weighted by Gasteiger charge is 2.16. The molecule has 0 heterocycles. The van der Waals surface area contributed by atoms with Crippen LogP contribution in [0.25, 0.3) is 6.08 Å². The third kappa shape index (κ3) is 6.44. The lowest BCUT2D eigenvalue weighted by atomic mass is 10.1. The summed E-state index contributed by atoms with van der Waals surface area (Å²) in [5, 5.41) is 16.6. The van der Waals surface area contributed by atoms with E-state index < -0.39 is 11.8 Å². The molecule has 0 aliphatic carbocycles. The fourth-order valence-corrected chi connectivity index (χ4v) is 3.07. The lowest BCUT2D eigenvalue weighted by molar-refractivity contribution is -0.117. The molecule has 0 atom stereocenters. The lowest BCUT2D eigenvalue weighted by Crippen LogP contribution is -2.33. The van der Waals surface area contributed by atoms with Crippen molar-refractivity contribution < 1.29 is 14.7 Å². The molecule has 0 unspecified atom stereocenters. The van der Waals surface area contributed by atoms with Gasteiger partial charge in [0.15, 0.2) is 0 Å². The molecule has 0 aliphatic heterocycles. The minimum absolute atomic E-state index is 0.0213. The first-order valence-corrected chi connectivity index (χ1v) is 10.4. The standard InChI is InChI=1S/C25H23ClN4O3/c1-30(2)19-13-11-17(12-14-19)15-22(28-24(32)20-8-4-5-9-21(20)26)25(33)29-27-16-18-7-3-6-10-23(18)31/h3-16,31H,1-2H3,(H,28,32)(H,29,33). The first-order chi connectivity index (χ1) is 15.8. The molecule has 0 saturated heterocycles. The number of carbonyl (C=O) groups excluding carboxylic acids is 2. The molecular formula is C25H23ClN4O3. The van der Waals surface area contributed by atoms with E-state index in [4.69, 9.17) is 11.6 Å². The number of phenolic OH excluding ortho intramolecular Hbond substituents is 1. The van der Waals surface area contributed by atoms with Crippen molar-refractivity contribution in [2.45, 2.75) is 0 Å². The molecule has 0 fully saturated rings. The zero-order valence-corrected chi connectivity index (χ0v) is 18.9. The number of nitrogens with one attached hydrogen (secondary N) is 2. The van der Waals surface area contributed by atoms with Gasteiger partial charge in [-0.25, -0.2) is 5.43 Å². The van der Waals surface area contributed by atoms with Gasteiger partial charge in [-0.1, -0.05) is 48.0 Å². The summed E-state index contributed by atoms with van der Waals surface area (Å²) in [7, 11) is 3.85. The van der Waals surface area contributed by atoms with Crippen LogP contribution in [-0.4, -0.2) is 37.2 Å². The van der Waals surface area contributed by atoms with Crippen molar-refractivity contribution in [2.75, 3.05) is 19.0 Å². The minimum Gasteiger partial charge on any atom is -0.507 e. The van der Waals surface area contributed by atoms with Crippen molar-refractivity contribution in [3.63, 3.8) is 0 Å². The van der Waals surface area contributed by atoms with Gasteiger partial charge in [0.2, 0.25) is 0 Å². The number of para-hydroxylation sites is 1. The third-order valence-corrected chi connectivity index (χ3v) is 4.97. The van der Waals surface area contributed by atoms with Crippen molar-refractivity contribution in [1.29, 1.82) is 0 Å². The maximum absolute atomic E-state index is 12.8. The molecule has 0 aliphatic rings. The molecule has 7 nitrogen and oxygen atoms in total. The molecule has 33 heavy (non-hydrogen) atoms. The summed E-state index contributed by atoms with van der Waals surface area (Å²) in [6.45, 7) is 0. The number of benzene rings is 3. The van der Waals surface area contributed by atoms with E-state index in [0.29, 0.717) is 11.1 Å². The molecule has 0 aromatic heterocycles. The Hall–Kier alpha value is -4.10. The zero-order valence-electron chi connectivity index (χ0n) is 18.1. The fraction of sp³-hybridized carbons (Fsp3) is 0.0800. The molecule has 0 bridgehead atoms. The second-order valence-electron chi connectivity index (χ2n) is 7.24. The van der Waals surface area contributed by atoms with Gasteiger partial charge in [-0.2, -0.15) is 5.10 Å². The van der Waals surface area contributed by atoms with Gasteiger partial charge in [-0.3, -0.25) is 9.59 Å². The van der Waals surface area contributed by atoms with Crippen molar-refractivity contribution in [3.8, 4) is 5.75 Å². The smallest absolute Gasteiger partial charge is 0.287 e. The molecule has 0 radical (unpaired) electrons. The summed E-state index contributed by atoms with van der Waals surface area (Å²) in [4.78, 5) is 27.5. The van der Waals surface area contributed by atoms with Crippen LogP contribution in [0.3, 0.4) is 0 Å². The first-order valence-electron chi connectivity index (χ1n) is 10.0. The number of rotatable bonds is 7. The summed E-state index contributed by atoms with van der Waals surface area (Å²) in [5.41, 5.74) is 4.72. The molecule has 0 spiro atoms. The summed E-state index contributed by atoms with van der Waals surface area (Å²) in [5.74, 6) is -1.14. The number of phenols is 1. The Balaban J connectivity index is 1.85. The predicted octanol–water partition coefficient (Wildman–Crippen LogP) is 4.03. The van der Waals surface area contributed by atoms with E-state index in [1.165, 1.54) is 12.3 Å². The molecular weight excluding hydrogens is 440 g/mol. The average molecular weight is 463 g/mol. The Bertz CT molecular complexity index is 1200. The number of anilines is 1. The van der Waals surface area contributed by atoms with Crippen molar-refractivity contribution in [1.82, 2.24) is 10.7 Å². The minimum atomic E-state index is -0.640. The van der Waals surface area contributed by atoms with Crippen LogP contribution >= 0.6 is 11.6 Å². The van der Waals surface area contributed by atoms with E-state index >= 15 is 0 Å². The first kappa shape index (κ1) is 23.6. The Labute approximate surface area is 197 Å². The topological polar surface area (TPSA) is 94.0 Å². The van der Waals surface area contributed by atoms with E-state index in [1.54, 1.807) is 48.5 Å². The largest absolute Gasteiger partial charge is 0.507 e. The molecule has 3 aromatic rings. The normalized spacial score (nSPS) is 11.3. The maximum atomic E-state index is 12.8. The van der Waals surface area contributed by atoms with Gasteiger partial charge >= 0.3 is 0 Å². The van der Waals surface area contributed by atoms with Gasteiger partial charge in [-0.15, -0.1) is 0 Å².